The standard InChI is InChI=1S/C22H44/c1-11-20(13-18(7)17(5)6)21(12-2)14-19(8)22(9,10)15-16(3)4/h16-19H,11-15H2,1-10H3/b21-20-/t18-,19+/m0/s1. The smallest absolute Gasteiger partial charge is 0.0287 e. The third-order valence-electron chi connectivity index (χ3n) is 5.88. The summed E-state index contributed by atoms with van der Waals surface area (Å²) in [6.45, 7) is 23.9. The van der Waals surface area contributed by atoms with Gasteiger partial charge in [0.1, 0.15) is 0 Å². The Balaban J connectivity index is 5.09. The average Bonchev–Trinajstić information content (AvgIpc) is 2.40. The predicted molar refractivity (Wildman–Crippen MR) is 103 cm³/mol. The maximum Gasteiger partial charge on any atom is -0.0287 e. The van der Waals surface area contributed by atoms with E-state index in [1.165, 1.54) is 32.1 Å². The van der Waals surface area contributed by atoms with Crippen molar-refractivity contribution >= 4 is 0 Å². The highest BCUT2D eigenvalue weighted by atomic mass is 14.3. The Kier molecular flexibility index (Phi) is 9.67. The van der Waals surface area contributed by atoms with Crippen LogP contribution in [-0.4, -0.2) is 0 Å². The van der Waals surface area contributed by atoms with Crippen molar-refractivity contribution in [1.29, 1.82) is 0 Å². The molecule has 0 amide bonds. The molecule has 0 aromatic heterocycles. The average molecular weight is 309 g/mol. The van der Waals surface area contributed by atoms with Crippen LogP contribution in [0.1, 0.15) is 101 Å². The summed E-state index contributed by atoms with van der Waals surface area (Å²) < 4.78 is 0. The molecule has 0 spiro atoms. The van der Waals surface area contributed by atoms with E-state index < -0.39 is 0 Å². The molecule has 0 unspecified atom stereocenters. The van der Waals surface area contributed by atoms with Gasteiger partial charge in [-0.15, -0.1) is 0 Å². The summed E-state index contributed by atoms with van der Waals surface area (Å²) in [5, 5.41) is 0. The molecule has 2 atom stereocenters. The molecule has 22 heavy (non-hydrogen) atoms. The molecule has 0 saturated carbocycles. The zero-order valence-corrected chi connectivity index (χ0v) is 17.3. The van der Waals surface area contributed by atoms with Gasteiger partial charge in [0.2, 0.25) is 0 Å². The van der Waals surface area contributed by atoms with Gasteiger partial charge in [-0.2, -0.15) is 0 Å². The van der Waals surface area contributed by atoms with Crippen LogP contribution in [0.4, 0.5) is 0 Å². The van der Waals surface area contributed by atoms with E-state index in [1.54, 1.807) is 11.1 Å². The summed E-state index contributed by atoms with van der Waals surface area (Å²) in [5.74, 6) is 3.14. The molecule has 0 rings (SSSR count). The second kappa shape index (κ2) is 9.78. The Labute approximate surface area is 142 Å². The Morgan fingerprint density at radius 2 is 1.23 bits per heavy atom. The van der Waals surface area contributed by atoms with E-state index in [-0.39, 0.29) is 0 Å². The van der Waals surface area contributed by atoms with Crippen molar-refractivity contribution < 1.29 is 0 Å². The van der Waals surface area contributed by atoms with Crippen molar-refractivity contribution in [3.05, 3.63) is 11.1 Å². The van der Waals surface area contributed by atoms with Gasteiger partial charge >= 0.3 is 0 Å². The lowest BCUT2D eigenvalue weighted by Gasteiger charge is -2.35. The van der Waals surface area contributed by atoms with Gasteiger partial charge in [0, 0.05) is 0 Å². The van der Waals surface area contributed by atoms with Crippen LogP contribution < -0.4 is 0 Å². The SMILES string of the molecule is CC/C(C[C@@H](C)C(C)(C)CC(C)C)=C(\CC)C[C@H](C)C(C)C. The van der Waals surface area contributed by atoms with Crippen molar-refractivity contribution in [1.82, 2.24) is 0 Å². The molecule has 0 aromatic rings. The van der Waals surface area contributed by atoms with Crippen molar-refractivity contribution in [3.63, 3.8) is 0 Å². The lowest BCUT2D eigenvalue weighted by Crippen LogP contribution is -2.24. The lowest BCUT2D eigenvalue weighted by molar-refractivity contribution is 0.182. The second-order valence-corrected chi connectivity index (χ2v) is 9.03. The van der Waals surface area contributed by atoms with Gasteiger partial charge in [0.15, 0.2) is 0 Å². The minimum absolute atomic E-state index is 0.442. The van der Waals surface area contributed by atoms with E-state index in [9.17, 15) is 0 Å². The Morgan fingerprint density at radius 3 is 1.59 bits per heavy atom. The van der Waals surface area contributed by atoms with Crippen LogP contribution in [0, 0.1) is 29.1 Å². The minimum Gasteiger partial charge on any atom is -0.0710 e. The van der Waals surface area contributed by atoms with Gasteiger partial charge in [0.25, 0.3) is 0 Å². The summed E-state index contributed by atoms with van der Waals surface area (Å²) in [7, 11) is 0. The fraction of sp³-hybridized carbons (Fsp3) is 0.909. The fourth-order valence-electron chi connectivity index (χ4n) is 3.60. The molecule has 0 N–H and O–H groups in total. The topological polar surface area (TPSA) is 0 Å². The monoisotopic (exact) mass is 308 g/mol. The van der Waals surface area contributed by atoms with Gasteiger partial charge in [-0.25, -0.2) is 0 Å². The molecule has 0 aliphatic rings. The van der Waals surface area contributed by atoms with E-state index in [4.69, 9.17) is 0 Å². The lowest BCUT2D eigenvalue weighted by atomic mass is 9.71. The molecule has 0 aliphatic heterocycles. The largest absolute Gasteiger partial charge is 0.0710 e. The van der Waals surface area contributed by atoms with Gasteiger partial charge < -0.3 is 0 Å². The van der Waals surface area contributed by atoms with Crippen molar-refractivity contribution in [3.8, 4) is 0 Å². The van der Waals surface area contributed by atoms with Crippen LogP contribution in [-0.2, 0) is 0 Å². The zero-order chi connectivity index (χ0) is 17.5. The van der Waals surface area contributed by atoms with E-state index in [1.807, 2.05) is 0 Å². The zero-order valence-electron chi connectivity index (χ0n) is 17.3. The molecule has 0 aromatic carbocycles. The van der Waals surface area contributed by atoms with Gasteiger partial charge in [-0.05, 0) is 61.2 Å². The fourth-order valence-corrected chi connectivity index (χ4v) is 3.60. The van der Waals surface area contributed by atoms with Crippen LogP contribution in [0.5, 0.6) is 0 Å². The molecule has 0 radical (unpaired) electrons. The first-order valence-electron chi connectivity index (χ1n) is 9.74. The Bertz CT molecular complexity index is 330. The first-order valence-corrected chi connectivity index (χ1v) is 9.74. The van der Waals surface area contributed by atoms with Crippen molar-refractivity contribution in [2.24, 2.45) is 29.1 Å². The van der Waals surface area contributed by atoms with Crippen LogP contribution in [0.3, 0.4) is 0 Å². The highest BCUT2D eigenvalue weighted by Gasteiger charge is 2.27. The van der Waals surface area contributed by atoms with Crippen LogP contribution in [0.2, 0.25) is 0 Å². The number of allylic oxidation sites excluding steroid dienone is 2. The van der Waals surface area contributed by atoms with E-state index >= 15 is 0 Å². The highest BCUT2D eigenvalue weighted by Crippen LogP contribution is 2.39. The summed E-state index contributed by atoms with van der Waals surface area (Å²) >= 11 is 0. The van der Waals surface area contributed by atoms with Crippen LogP contribution in [0.15, 0.2) is 11.1 Å². The minimum atomic E-state index is 0.442. The van der Waals surface area contributed by atoms with Gasteiger partial charge in [-0.1, -0.05) is 80.4 Å². The molecule has 132 valence electrons. The van der Waals surface area contributed by atoms with E-state index in [0.29, 0.717) is 5.41 Å². The third-order valence-corrected chi connectivity index (χ3v) is 5.88. The molecule has 0 bridgehead atoms. The first-order chi connectivity index (χ1) is 10.0. The molecule has 0 saturated heterocycles. The number of hydrogen-bond acceptors (Lipinski definition) is 0. The Morgan fingerprint density at radius 1 is 0.773 bits per heavy atom. The molecule has 0 heteroatoms. The quantitative estimate of drug-likeness (QED) is 0.360. The third kappa shape index (κ3) is 7.34. The maximum atomic E-state index is 2.47. The summed E-state index contributed by atoms with van der Waals surface area (Å²) in [6, 6.07) is 0. The summed E-state index contributed by atoms with van der Waals surface area (Å²) in [6.07, 6.45) is 6.39. The maximum absolute atomic E-state index is 2.47. The van der Waals surface area contributed by atoms with Crippen molar-refractivity contribution in [2.75, 3.05) is 0 Å². The highest BCUT2D eigenvalue weighted by molar-refractivity contribution is 5.15. The van der Waals surface area contributed by atoms with Crippen LogP contribution >= 0.6 is 0 Å². The number of hydrogen-bond donors (Lipinski definition) is 0. The molecule has 0 heterocycles. The molecular formula is C22H44. The summed E-state index contributed by atoms with van der Waals surface area (Å²) in [5.41, 5.74) is 3.94. The number of rotatable bonds is 10. The predicted octanol–water partition coefficient (Wildman–Crippen LogP) is 7.88. The normalized spacial score (nSPS) is 16.9. The Hall–Kier alpha value is -0.260. The van der Waals surface area contributed by atoms with E-state index in [0.717, 1.165) is 23.7 Å². The van der Waals surface area contributed by atoms with Crippen molar-refractivity contribution in [2.45, 2.75) is 101 Å². The second-order valence-electron chi connectivity index (χ2n) is 9.03. The molecule has 0 aliphatic carbocycles. The molecule has 0 nitrogen and oxygen atoms in total. The molecular weight excluding hydrogens is 264 g/mol. The summed E-state index contributed by atoms with van der Waals surface area (Å²) in [4.78, 5) is 0. The van der Waals surface area contributed by atoms with Gasteiger partial charge in [0.05, 0.1) is 0 Å². The van der Waals surface area contributed by atoms with E-state index in [2.05, 4.69) is 69.2 Å². The van der Waals surface area contributed by atoms with Crippen LogP contribution in [0.25, 0.3) is 0 Å². The molecule has 0 fully saturated rings. The van der Waals surface area contributed by atoms with Gasteiger partial charge in [-0.3, -0.25) is 0 Å². The first kappa shape index (κ1) is 21.7.